The van der Waals surface area contributed by atoms with E-state index in [4.69, 9.17) is 9.47 Å². The molecule has 9 nitrogen and oxygen atoms in total. The Morgan fingerprint density at radius 3 is 2.82 bits per heavy atom. The summed E-state index contributed by atoms with van der Waals surface area (Å²) in [5.74, 6) is -1.81. The molecular weight excluding hydrogens is 488 g/mol. The monoisotopic (exact) mass is 518 g/mol. The van der Waals surface area contributed by atoms with Crippen molar-refractivity contribution in [1.29, 1.82) is 0 Å². The number of phenols is 1. The standard InChI is InChI=1S/C29H30N2O7/c1-37-27(35)17-3-2-4-18(11-17)30-26(34)19-13-29(36)21-12-16-7-8-20(32)24-22(16)28(29,25(38-24)23(19)33)9-10-31(21)14-15-5-6-15/h2-4,7-8,11,15,19,21,25,32,36H,5-6,9-10,12-14H2,1H3,(H,30,34)/t19?,21-,25+,28+,29-/m1/s1. The van der Waals surface area contributed by atoms with Crippen molar-refractivity contribution < 1.29 is 34.1 Å². The van der Waals surface area contributed by atoms with Crippen molar-refractivity contribution in [2.75, 3.05) is 25.5 Å². The fourth-order valence-corrected chi connectivity index (χ4v) is 7.60. The first-order valence-corrected chi connectivity index (χ1v) is 13.3. The molecule has 2 saturated carbocycles. The van der Waals surface area contributed by atoms with Crippen molar-refractivity contribution in [1.82, 2.24) is 4.90 Å². The summed E-state index contributed by atoms with van der Waals surface area (Å²) in [4.78, 5) is 41.8. The van der Waals surface area contributed by atoms with Gasteiger partial charge in [0.25, 0.3) is 0 Å². The minimum absolute atomic E-state index is 0.0331. The summed E-state index contributed by atoms with van der Waals surface area (Å²) in [7, 11) is 1.28. The van der Waals surface area contributed by atoms with Crippen LogP contribution in [0, 0.1) is 11.8 Å². The number of methoxy groups -OCH3 is 1. The Bertz CT molecular complexity index is 1390. The molecule has 1 unspecified atom stereocenters. The van der Waals surface area contributed by atoms with Gasteiger partial charge in [0.1, 0.15) is 5.92 Å². The van der Waals surface area contributed by atoms with Crippen molar-refractivity contribution in [2.24, 2.45) is 11.8 Å². The number of ether oxygens (including phenoxy) is 2. The minimum Gasteiger partial charge on any atom is -0.504 e. The maximum absolute atomic E-state index is 14.0. The number of Topliss-reactive ketones (excluding diaryl/α,β-unsaturated/α-hetero) is 1. The number of ketones is 1. The van der Waals surface area contributed by atoms with Gasteiger partial charge < -0.3 is 25.0 Å². The number of hydrogen-bond donors (Lipinski definition) is 3. The molecule has 2 bridgehead atoms. The van der Waals surface area contributed by atoms with Gasteiger partial charge in [-0.25, -0.2) is 4.79 Å². The molecule has 0 radical (unpaired) electrons. The summed E-state index contributed by atoms with van der Waals surface area (Å²) < 4.78 is 11.0. The topological polar surface area (TPSA) is 125 Å². The molecule has 7 rings (SSSR count). The smallest absolute Gasteiger partial charge is 0.337 e. The number of carbonyl (C=O) groups excluding carboxylic acids is 3. The highest BCUT2D eigenvalue weighted by Crippen LogP contribution is 2.65. The lowest BCUT2D eigenvalue weighted by Crippen LogP contribution is -2.78. The molecule has 2 aliphatic heterocycles. The predicted molar refractivity (Wildman–Crippen MR) is 135 cm³/mol. The summed E-state index contributed by atoms with van der Waals surface area (Å²) in [5.41, 5.74) is -0.0321. The number of hydrogen-bond acceptors (Lipinski definition) is 8. The zero-order valence-corrected chi connectivity index (χ0v) is 21.1. The first-order chi connectivity index (χ1) is 18.3. The maximum Gasteiger partial charge on any atom is 0.337 e. The molecule has 5 atom stereocenters. The van der Waals surface area contributed by atoms with Crippen molar-refractivity contribution in [3.63, 3.8) is 0 Å². The molecular formula is C29H30N2O7. The number of nitrogens with zero attached hydrogens (tertiary/aromatic N) is 1. The molecule has 3 aliphatic carbocycles. The Kier molecular flexibility index (Phi) is 5.01. The third-order valence-electron chi connectivity index (χ3n) is 9.50. The molecule has 1 saturated heterocycles. The van der Waals surface area contributed by atoms with E-state index in [9.17, 15) is 24.6 Å². The Morgan fingerprint density at radius 1 is 1.24 bits per heavy atom. The fraction of sp³-hybridized carbons (Fsp3) is 0.483. The van der Waals surface area contributed by atoms with Crippen LogP contribution in [0.4, 0.5) is 5.69 Å². The number of piperidine rings is 1. The zero-order valence-electron chi connectivity index (χ0n) is 21.1. The van der Waals surface area contributed by atoms with Gasteiger partial charge in [-0.3, -0.25) is 14.5 Å². The molecule has 9 heteroatoms. The molecule has 1 amide bonds. The lowest BCUT2D eigenvalue weighted by Gasteiger charge is -2.63. The number of benzene rings is 2. The second kappa shape index (κ2) is 8.04. The van der Waals surface area contributed by atoms with Gasteiger partial charge >= 0.3 is 5.97 Å². The highest BCUT2D eigenvalue weighted by molar-refractivity contribution is 6.11. The second-order valence-corrected chi connectivity index (χ2v) is 11.5. The summed E-state index contributed by atoms with van der Waals surface area (Å²) in [6.45, 7) is 1.61. The van der Waals surface area contributed by atoms with E-state index in [0.717, 1.165) is 24.2 Å². The van der Waals surface area contributed by atoms with Gasteiger partial charge in [-0.15, -0.1) is 0 Å². The van der Waals surface area contributed by atoms with Crippen molar-refractivity contribution in [3.05, 3.63) is 53.1 Å². The van der Waals surface area contributed by atoms with E-state index in [0.29, 0.717) is 24.4 Å². The first-order valence-electron chi connectivity index (χ1n) is 13.3. The number of carbonyl (C=O) groups is 3. The fourth-order valence-electron chi connectivity index (χ4n) is 7.60. The SMILES string of the molecule is COC(=O)c1cccc(NC(=O)C2C[C@@]3(O)[C@H]4Cc5ccc(O)c6c5[C@@]3(CCN4CC3CC3)[C@@H](O6)C2=O)c1. The molecule has 2 heterocycles. The van der Waals surface area contributed by atoms with Crippen LogP contribution in [0.1, 0.15) is 47.2 Å². The van der Waals surface area contributed by atoms with Gasteiger partial charge in [-0.1, -0.05) is 12.1 Å². The third-order valence-corrected chi connectivity index (χ3v) is 9.50. The Morgan fingerprint density at radius 2 is 2.05 bits per heavy atom. The Hall–Kier alpha value is -3.43. The number of rotatable bonds is 5. The summed E-state index contributed by atoms with van der Waals surface area (Å²) in [6.07, 6.45) is 2.35. The number of likely N-dealkylation sites (tertiary alicyclic amines) is 1. The van der Waals surface area contributed by atoms with Crippen LogP contribution in [0.15, 0.2) is 36.4 Å². The molecule has 2 aromatic carbocycles. The summed E-state index contributed by atoms with van der Waals surface area (Å²) >= 11 is 0. The van der Waals surface area contributed by atoms with Gasteiger partial charge in [0.2, 0.25) is 5.91 Å². The van der Waals surface area contributed by atoms with Crippen LogP contribution in [-0.4, -0.2) is 70.7 Å². The average molecular weight is 519 g/mol. The zero-order chi connectivity index (χ0) is 26.4. The largest absolute Gasteiger partial charge is 0.504 e. The van der Waals surface area contributed by atoms with Crippen LogP contribution in [0.25, 0.3) is 0 Å². The highest BCUT2D eigenvalue weighted by Gasteiger charge is 2.75. The van der Waals surface area contributed by atoms with E-state index < -0.39 is 40.7 Å². The molecule has 5 aliphatic rings. The van der Waals surface area contributed by atoms with Crippen molar-refractivity contribution in [2.45, 2.75) is 55.3 Å². The molecule has 198 valence electrons. The number of esters is 1. The molecule has 0 aromatic heterocycles. The lowest BCUT2D eigenvalue weighted by atomic mass is 9.47. The van der Waals surface area contributed by atoms with E-state index in [1.807, 2.05) is 6.07 Å². The van der Waals surface area contributed by atoms with Crippen LogP contribution in [0.5, 0.6) is 11.5 Å². The molecule has 1 spiro atoms. The van der Waals surface area contributed by atoms with Crippen LogP contribution in [0.2, 0.25) is 0 Å². The van der Waals surface area contributed by atoms with Crippen LogP contribution in [0.3, 0.4) is 0 Å². The minimum atomic E-state index is -1.39. The van der Waals surface area contributed by atoms with Gasteiger partial charge in [-0.05, 0) is 74.4 Å². The van der Waals surface area contributed by atoms with Gasteiger partial charge in [0.05, 0.1) is 23.7 Å². The molecule has 2 aromatic rings. The number of amides is 1. The Labute approximate surface area is 219 Å². The van der Waals surface area contributed by atoms with E-state index in [2.05, 4.69) is 10.2 Å². The van der Waals surface area contributed by atoms with E-state index in [1.54, 1.807) is 24.3 Å². The highest BCUT2D eigenvalue weighted by atomic mass is 16.5. The normalized spacial score (nSPS) is 32.8. The van der Waals surface area contributed by atoms with Crippen molar-refractivity contribution in [3.8, 4) is 11.5 Å². The van der Waals surface area contributed by atoms with Gasteiger partial charge in [-0.2, -0.15) is 0 Å². The third kappa shape index (κ3) is 3.09. The van der Waals surface area contributed by atoms with Gasteiger partial charge in [0, 0.05) is 23.8 Å². The molecule has 3 N–H and O–H groups in total. The number of aliphatic hydroxyl groups is 1. The number of anilines is 1. The number of nitrogens with one attached hydrogen (secondary N) is 1. The van der Waals surface area contributed by atoms with Gasteiger partial charge in [0.15, 0.2) is 23.4 Å². The first kappa shape index (κ1) is 23.7. The molecule has 38 heavy (non-hydrogen) atoms. The van der Waals surface area contributed by atoms with Crippen LogP contribution < -0.4 is 10.1 Å². The maximum atomic E-state index is 14.0. The number of aromatic hydroxyl groups is 1. The Balaban J connectivity index is 1.27. The lowest BCUT2D eigenvalue weighted by molar-refractivity contribution is -0.197. The van der Waals surface area contributed by atoms with E-state index >= 15 is 0 Å². The van der Waals surface area contributed by atoms with E-state index in [1.165, 1.54) is 26.0 Å². The van der Waals surface area contributed by atoms with Crippen LogP contribution >= 0.6 is 0 Å². The van der Waals surface area contributed by atoms with Crippen LogP contribution in [-0.2, 0) is 26.2 Å². The second-order valence-electron chi connectivity index (χ2n) is 11.5. The quantitative estimate of drug-likeness (QED) is 0.406. The van der Waals surface area contributed by atoms with Crippen molar-refractivity contribution >= 4 is 23.3 Å². The number of phenolic OH excluding ortho intramolecular Hbond substituents is 1. The summed E-state index contributed by atoms with van der Waals surface area (Å²) in [5, 5.41) is 26.1. The van der Waals surface area contributed by atoms with E-state index in [-0.39, 0.29) is 29.5 Å². The predicted octanol–water partition coefficient (Wildman–Crippen LogP) is 2.18. The molecule has 3 fully saturated rings. The summed E-state index contributed by atoms with van der Waals surface area (Å²) in [6, 6.07) is 9.53. The average Bonchev–Trinajstić information content (AvgIpc) is 3.65.